The Balaban J connectivity index is 2.23. The summed E-state index contributed by atoms with van der Waals surface area (Å²) in [4.78, 5) is 22.7. The lowest BCUT2D eigenvalue weighted by Crippen LogP contribution is -2.24. The van der Waals surface area contributed by atoms with Gasteiger partial charge >= 0.3 is 5.69 Å². The SMILES string of the molecule is Cc1cccc(C)c1NC(=O)C(C)n1cc([N+](=O)[O-])c(C)n1. The van der Waals surface area contributed by atoms with E-state index in [1.54, 1.807) is 13.8 Å². The number of hydrogen-bond acceptors (Lipinski definition) is 4. The van der Waals surface area contributed by atoms with E-state index >= 15 is 0 Å². The molecule has 0 aliphatic heterocycles. The fourth-order valence-electron chi connectivity index (χ4n) is 2.21. The minimum absolute atomic E-state index is 0.0910. The van der Waals surface area contributed by atoms with Crippen LogP contribution in [0.3, 0.4) is 0 Å². The number of hydrogen-bond donors (Lipinski definition) is 1. The minimum atomic E-state index is -0.647. The summed E-state index contributed by atoms with van der Waals surface area (Å²) < 4.78 is 1.32. The number of carbonyl (C=O) groups excluding carboxylic acids is 1. The summed E-state index contributed by atoms with van der Waals surface area (Å²) in [5.74, 6) is -0.269. The molecule has 0 bridgehead atoms. The Kier molecular flexibility index (Phi) is 4.25. The molecule has 1 aromatic carbocycles. The van der Waals surface area contributed by atoms with Crippen LogP contribution in [0, 0.1) is 30.9 Å². The van der Waals surface area contributed by atoms with Crippen LogP contribution in [-0.2, 0) is 4.79 Å². The van der Waals surface area contributed by atoms with Crippen LogP contribution in [0.2, 0.25) is 0 Å². The molecule has 2 aromatic rings. The van der Waals surface area contributed by atoms with E-state index in [0.29, 0.717) is 0 Å². The average molecular weight is 302 g/mol. The first-order valence-electron chi connectivity index (χ1n) is 6.88. The third kappa shape index (κ3) is 2.98. The first kappa shape index (κ1) is 15.7. The van der Waals surface area contributed by atoms with Crippen LogP contribution < -0.4 is 5.32 Å². The average Bonchev–Trinajstić information content (AvgIpc) is 2.84. The minimum Gasteiger partial charge on any atom is -0.324 e. The number of anilines is 1. The van der Waals surface area contributed by atoms with E-state index in [4.69, 9.17) is 0 Å². The number of nitrogens with one attached hydrogen (secondary N) is 1. The monoisotopic (exact) mass is 302 g/mol. The largest absolute Gasteiger partial charge is 0.324 e. The predicted molar refractivity (Wildman–Crippen MR) is 82.9 cm³/mol. The molecule has 0 saturated carbocycles. The Morgan fingerprint density at radius 1 is 1.32 bits per heavy atom. The molecule has 0 spiro atoms. The number of aryl methyl sites for hydroxylation is 3. The summed E-state index contributed by atoms with van der Waals surface area (Å²) in [5, 5.41) is 17.8. The number of benzene rings is 1. The van der Waals surface area contributed by atoms with Crippen molar-refractivity contribution in [3.63, 3.8) is 0 Å². The first-order valence-corrected chi connectivity index (χ1v) is 6.88. The van der Waals surface area contributed by atoms with Gasteiger partial charge in [0.25, 0.3) is 0 Å². The van der Waals surface area contributed by atoms with E-state index in [0.717, 1.165) is 16.8 Å². The third-order valence-electron chi connectivity index (χ3n) is 3.59. The summed E-state index contributed by atoms with van der Waals surface area (Å²) >= 11 is 0. The smallest absolute Gasteiger partial charge is 0.309 e. The van der Waals surface area contributed by atoms with Gasteiger partial charge in [-0.25, -0.2) is 0 Å². The van der Waals surface area contributed by atoms with Gasteiger partial charge in [0.05, 0.1) is 4.92 Å². The fourth-order valence-corrected chi connectivity index (χ4v) is 2.21. The zero-order valence-corrected chi connectivity index (χ0v) is 13.0. The van der Waals surface area contributed by atoms with Crippen LogP contribution in [0.15, 0.2) is 24.4 Å². The first-order chi connectivity index (χ1) is 10.3. The molecular weight excluding hydrogens is 284 g/mol. The van der Waals surface area contributed by atoms with Crippen molar-refractivity contribution in [2.75, 3.05) is 5.32 Å². The lowest BCUT2D eigenvalue weighted by atomic mass is 10.1. The van der Waals surface area contributed by atoms with Crippen molar-refractivity contribution in [1.29, 1.82) is 0 Å². The summed E-state index contributed by atoms with van der Waals surface area (Å²) in [5.41, 5.74) is 2.88. The number of rotatable bonds is 4. The normalized spacial score (nSPS) is 12.0. The lowest BCUT2D eigenvalue weighted by molar-refractivity contribution is -0.385. The van der Waals surface area contributed by atoms with Gasteiger partial charge in [0, 0.05) is 5.69 Å². The topological polar surface area (TPSA) is 90.1 Å². The van der Waals surface area contributed by atoms with Crippen LogP contribution in [-0.4, -0.2) is 20.6 Å². The molecule has 1 heterocycles. The van der Waals surface area contributed by atoms with Gasteiger partial charge < -0.3 is 5.32 Å². The van der Waals surface area contributed by atoms with Crippen molar-refractivity contribution in [3.05, 3.63) is 51.3 Å². The van der Waals surface area contributed by atoms with E-state index in [-0.39, 0.29) is 17.3 Å². The maximum absolute atomic E-state index is 12.4. The highest BCUT2D eigenvalue weighted by Gasteiger charge is 2.22. The van der Waals surface area contributed by atoms with Gasteiger partial charge in [-0.3, -0.25) is 19.6 Å². The Morgan fingerprint density at radius 2 is 1.91 bits per heavy atom. The molecule has 1 amide bonds. The highest BCUT2D eigenvalue weighted by Crippen LogP contribution is 2.22. The maximum atomic E-state index is 12.4. The number of carbonyl (C=O) groups is 1. The molecule has 0 saturated heterocycles. The van der Waals surface area contributed by atoms with Crippen LogP contribution in [0.4, 0.5) is 11.4 Å². The highest BCUT2D eigenvalue weighted by atomic mass is 16.6. The number of nitrogens with zero attached hydrogens (tertiary/aromatic N) is 3. The molecule has 2 rings (SSSR count). The Labute approximate surface area is 128 Å². The van der Waals surface area contributed by atoms with Crippen molar-refractivity contribution < 1.29 is 9.72 Å². The van der Waals surface area contributed by atoms with Gasteiger partial charge in [-0.05, 0) is 38.8 Å². The molecule has 0 aliphatic carbocycles. The Bertz CT molecular complexity index is 716. The van der Waals surface area contributed by atoms with Gasteiger partial charge in [0.1, 0.15) is 17.9 Å². The van der Waals surface area contributed by atoms with Crippen molar-refractivity contribution >= 4 is 17.3 Å². The van der Waals surface area contributed by atoms with Gasteiger partial charge in [-0.15, -0.1) is 0 Å². The van der Waals surface area contributed by atoms with Crippen LogP contribution >= 0.6 is 0 Å². The molecule has 22 heavy (non-hydrogen) atoms. The van der Waals surface area contributed by atoms with Gasteiger partial charge in [-0.2, -0.15) is 5.10 Å². The van der Waals surface area contributed by atoms with Crippen molar-refractivity contribution in [2.24, 2.45) is 0 Å². The number of aromatic nitrogens is 2. The lowest BCUT2D eigenvalue weighted by Gasteiger charge is -2.15. The molecule has 0 aliphatic rings. The number of para-hydroxylation sites is 1. The van der Waals surface area contributed by atoms with Gasteiger partial charge in [0.15, 0.2) is 0 Å². The molecule has 7 nitrogen and oxygen atoms in total. The molecule has 0 fully saturated rings. The quantitative estimate of drug-likeness (QED) is 0.694. The van der Waals surface area contributed by atoms with Crippen LogP contribution in [0.5, 0.6) is 0 Å². The molecule has 7 heteroatoms. The van der Waals surface area contributed by atoms with Crippen molar-refractivity contribution in [3.8, 4) is 0 Å². The number of amides is 1. The molecular formula is C15H18N4O3. The standard InChI is InChI=1S/C15H18N4O3/c1-9-6-5-7-10(2)14(9)16-15(20)12(4)18-8-13(19(21)22)11(3)17-18/h5-8,12H,1-4H3,(H,16,20). The molecule has 1 N–H and O–H groups in total. The predicted octanol–water partition coefficient (Wildman–Crippen LogP) is 2.92. The van der Waals surface area contributed by atoms with Crippen molar-refractivity contribution in [2.45, 2.75) is 33.7 Å². The zero-order valence-electron chi connectivity index (χ0n) is 13.0. The second-order valence-corrected chi connectivity index (χ2v) is 5.27. The van der Waals surface area contributed by atoms with Crippen molar-refractivity contribution in [1.82, 2.24) is 9.78 Å². The highest BCUT2D eigenvalue weighted by molar-refractivity contribution is 5.94. The summed E-state index contributed by atoms with van der Waals surface area (Å²) in [6.45, 7) is 7.02. The summed E-state index contributed by atoms with van der Waals surface area (Å²) in [6.07, 6.45) is 1.28. The van der Waals surface area contributed by atoms with E-state index < -0.39 is 11.0 Å². The summed E-state index contributed by atoms with van der Waals surface area (Å²) in [7, 11) is 0. The van der Waals surface area contributed by atoms with Crippen LogP contribution in [0.1, 0.15) is 29.8 Å². The molecule has 1 unspecified atom stereocenters. The molecule has 1 aromatic heterocycles. The zero-order chi connectivity index (χ0) is 16.4. The third-order valence-corrected chi connectivity index (χ3v) is 3.59. The second-order valence-electron chi connectivity index (χ2n) is 5.27. The fraction of sp³-hybridized carbons (Fsp3) is 0.333. The molecule has 0 radical (unpaired) electrons. The van der Waals surface area contributed by atoms with Gasteiger partial charge in [-0.1, -0.05) is 18.2 Å². The molecule has 116 valence electrons. The van der Waals surface area contributed by atoms with E-state index in [2.05, 4.69) is 10.4 Å². The Hall–Kier alpha value is -2.70. The molecule has 1 atom stereocenters. The van der Waals surface area contributed by atoms with E-state index in [1.165, 1.54) is 10.9 Å². The second kappa shape index (κ2) is 5.97. The Morgan fingerprint density at radius 3 is 2.41 bits per heavy atom. The van der Waals surface area contributed by atoms with Gasteiger partial charge in [0.2, 0.25) is 5.91 Å². The number of nitro groups is 1. The van der Waals surface area contributed by atoms with E-state index in [9.17, 15) is 14.9 Å². The summed E-state index contributed by atoms with van der Waals surface area (Å²) in [6, 6.07) is 5.10. The van der Waals surface area contributed by atoms with Crippen LogP contribution in [0.25, 0.3) is 0 Å². The van der Waals surface area contributed by atoms with E-state index in [1.807, 2.05) is 32.0 Å². The maximum Gasteiger partial charge on any atom is 0.309 e.